The van der Waals surface area contributed by atoms with Crippen LogP contribution < -0.4 is 5.32 Å². The van der Waals surface area contributed by atoms with Gasteiger partial charge in [-0.05, 0) is 37.9 Å². The number of ether oxygens (including phenoxy) is 1. The van der Waals surface area contributed by atoms with Crippen LogP contribution in [-0.4, -0.2) is 43.8 Å². The van der Waals surface area contributed by atoms with Crippen LogP contribution in [0.1, 0.15) is 30.0 Å². The predicted octanol–water partition coefficient (Wildman–Crippen LogP) is 2.12. The lowest BCUT2D eigenvalue weighted by atomic mass is 9.94. The van der Waals surface area contributed by atoms with Crippen molar-refractivity contribution in [1.82, 2.24) is 10.2 Å². The van der Waals surface area contributed by atoms with E-state index in [1.165, 1.54) is 24.0 Å². The fourth-order valence-electron chi connectivity index (χ4n) is 2.96. The first-order valence-electron chi connectivity index (χ1n) is 7.36. The van der Waals surface area contributed by atoms with Gasteiger partial charge in [0.05, 0.1) is 18.8 Å². The molecule has 2 atom stereocenters. The summed E-state index contributed by atoms with van der Waals surface area (Å²) in [6.07, 6.45) is 2.93. The van der Waals surface area contributed by atoms with Crippen molar-refractivity contribution >= 4 is 0 Å². The summed E-state index contributed by atoms with van der Waals surface area (Å²) in [5.41, 5.74) is 2.77. The van der Waals surface area contributed by atoms with E-state index in [4.69, 9.17) is 4.74 Å². The van der Waals surface area contributed by atoms with E-state index in [2.05, 4.69) is 48.5 Å². The van der Waals surface area contributed by atoms with E-state index >= 15 is 0 Å². The zero-order valence-corrected chi connectivity index (χ0v) is 11.9. The summed E-state index contributed by atoms with van der Waals surface area (Å²) in [6, 6.07) is 9.81. The molecule has 0 aromatic heterocycles. The normalized spacial score (nSPS) is 28.5. The van der Waals surface area contributed by atoms with Gasteiger partial charge in [-0.1, -0.05) is 24.3 Å². The third-order valence-corrected chi connectivity index (χ3v) is 4.30. The minimum atomic E-state index is 0.264. The highest BCUT2D eigenvalue weighted by Gasteiger charge is 2.33. The second-order valence-corrected chi connectivity index (χ2v) is 5.87. The lowest BCUT2D eigenvalue weighted by Gasteiger charge is -2.40. The number of nitrogens with one attached hydrogen (secondary N) is 1. The fraction of sp³-hybridized carbons (Fsp3) is 0.625. The van der Waals surface area contributed by atoms with Crippen LogP contribution in [0.25, 0.3) is 0 Å². The minimum Gasteiger partial charge on any atom is -0.374 e. The zero-order valence-electron chi connectivity index (χ0n) is 11.9. The summed E-state index contributed by atoms with van der Waals surface area (Å²) in [4.78, 5) is 2.44. The quantitative estimate of drug-likeness (QED) is 0.897. The van der Waals surface area contributed by atoms with E-state index < -0.39 is 0 Å². The Morgan fingerprint density at radius 2 is 2.11 bits per heavy atom. The van der Waals surface area contributed by atoms with Gasteiger partial charge in [0.25, 0.3) is 0 Å². The summed E-state index contributed by atoms with van der Waals surface area (Å²) < 4.78 is 6.04. The summed E-state index contributed by atoms with van der Waals surface area (Å²) in [5, 5.41) is 3.61. The van der Waals surface area contributed by atoms with Crippen molar-refractivity contribution in [3.63, 3.8) is 0 Å². The molecule has 104 valence electrons. The van der Waals surface area contributed by atoms with Gasteiger partial charge in [0, 0.05) is 19.1 Å². The Balaban J connectivity index is 1.78. The SMILES string of the molecule is Cc1ccccc1C1C(CNC2CC2)OCCN1C. The summed E-state index contributed by atoms with van der Waals surface area (Å²) in [5.74, 6) is 0. The molecule has 3 nitrogen and oxygen atoms in total. The molecule has 3 rings (SSSR count). The van der Waals surface area contributed by atoms with Gasteiger partial charge in [0.2, 0.25) is 0 Å². The van der Waals surface area contributed by atoms with Crippen molar-refractivity contribution in [2.24, 2.45) is 0 Å². The molecule has 1 aliphatic heterocycles. The van der Waals surface area contributed by atoms with Crippen LogP contribution in [0.5, 0.6) is 0 Å². The van der Waals surface area contributed by atoms with Gasteiger partial charge in [0.1, 0.15) is 0 Å². The van der Waals surface area contributed by atoms with Crippen LogP contribution in [0.3, 0.4) is 0 Å². The van der Waals surface area contributed by atoms with Crippen molar-refractivity contribution in [1.29, 1.82) is 0 Å². The highest BCUT2D eigenvalue weighted by molar-refractivity contribution is 5.30. The van der Waals surface area contributed by atoms with Crippen LogP contribution in [0.15, 0.2) is 24.3 Å². The lowest BCUT2D eigenvalue weighted by Crippen LogP contribution is -2.48. The van der Waals surface area contributed by atoms with Gasteiger partial charge in [-0.15, -0.1) is 0 Å². The Labute approximate surface area is 115 Å². The number of aryl methyl sites for hydroxylation is 1. The molecular weight excluding hydrogens is 236 g/mol. The average molecular weight is 260 g/mol. The maximum absolute atomic E-state index is 6.04. The van der Waals surface area contributed by atoms with Gasteiger partial charge in [-0.3, -0.25) is 4.90 Å². The number of morpholine rings is 1. The maximum atomic E-state index is 6.04. The zero-order chi connectivity index (χ0) is 13.2. The smallest absolute Gasteiger partial charge is 0.0896 e. The molecule has 3 heteroatoms. The molecule has 1 heterocycles. The van der Waals surface area contributed by atoms with E-state index in [1.807, 2.05) is 0 Å². The summed E-state index contributed by atoms with van der Waals surface area (Å²) >= 11 is 0. The van der Waals surface area contributed by atoms with Gasteiger partial charge in [-0.2, -0.15) is 0 Å². The fourth-order valence-corrected chi connectivity index (χ4v) is 2.96. The molecule has 1 saturated carbocycles. The van der Waals surface area contributed by atoms with Gasteiger partial charge in [-0.25, -0.2) is 0 Å². The van der Waals surface area contributed by atoms with E-state index in [0.29, 0.717) is 6.04 Å². The molecular formula is C16H24N2O. The van der Waals surface area contributed by atoms with E-state index in [-0.39, 0.29) is 6.10 Å². The van der Waals surface area contributed by atoms with E-state index in [1.54, 1.807) is 0 Å². The van der Waals surface area contributed by atoms with Crippen molar-refractivity contribution in [2.75, 3.05) is 26.7 Å². The standard InChI is InChI=1S/C16H24N2O/c1-12-5-3-4-6-14(12)16-15(11-17-13-7-8-13)19-10-9-18(16)2/h3-6,13,15-17H,7-11H2,1-2H3. The second kappa shape index (κ2) is 5.61. The van der Waals surface area contributed by atoms with E-state index in [0.717, 1.165) is 25.7 Å². The number of hydrogen-bond acceptors (Lipinski definition) is 3. The van der Waals surface area contributed by atoms with Crippen LogP contribution in [-0.2, 0) is 4.74 Å². The summed E-state index contributed by atoms with van der Waals surface area (Å²) in [6.45, 7) is 5.02. The average Bonchev–Trinajstić information content (AvgIpc) is 3.22. The van der Waals surface area contributed by atoms with Gasteiger partial charge in [0.15, 0.2) is 0 Å². The van der Waals surface area contributed by atoms with Crippen LogP contribution in [0.4, 0.5) is 0 Å². The van der Waals surface area contributed by atoms with Crippen LogP contribution >= 0.6 is 0 Å². The molecule has 2 unspecified atom stereocenters. The van der Waals surface area contributed by atoms with Crippen molar-refractivity contribution in [2.45, 2.75) is 38.0 Å². The third-order valence-electron chi connectivity index (χ3n) is 4.30. The number of nitrogens with zero attached hydrogens (tertiary/aromatic N) is 1. The summed E-state index contributed by atoms with van der Waals surface area (Å²) in [7, 11) is 2.21. The molecule has 1 aromatic carbocycles. The monoisotopic (exact) mass is 260 g/mol. The molecule has 0 spiro atoms. The second-order valence-electron chi connectivity index (χ2n) is 5.87. The molecule has 2 aliphatic rings. The van der Waals surface area contributed by atoms with Gasteiger partial charge < -0.3 is 10.1 Å². The van der Waals surface area contributed by atoms with Crippen molar-refractivity contribution in [3.8, 4) is 0 Å². The maximum Gasteiger partial charge on any atom is 0.0896 e. The Hall–Kier alpha value is -0.900. The van der Waals surface area contributed by atoms with Crippen molar-refractivity contribution in [3.05, 3.63) is 35.4 Å². The number of likely N-dealkylation sites (N-methyl/N-ethyl adjacent to an activating group) is 1. The molecule has 1 N–H and O–H groups in total. The highest BCUT2D eigenvalue weighted by Crippen LogP contribution is 2.30. The molecule has 1 aliphatic carbocycles. The highest BCUT2D eigenvalue weighted by atomic mass is 16.5. The van der Waals surface area contributed by atoms with Crippen molar-refractivity contribution < 1.29 is 4.74 Å². The first-order valence-corrected chi connectivity index (χ1v) is 7.36. The molecule has 19 heavy (non-hydrogen) atoms. The first-order chi connectivity index (χ1) is 9.25. The largest absolute Gasteiger partial charge is 0.374 e. The Kier molecular flexibility index (Phi) is 3.87. The van der Waals surface area contributed by atoms with Crippen LogP contribution in [0.2, 0.25) is 0 Å². The molecule has 1 aromatic rings. The molecule has 2 fully saturated rings. The van der Waals surface area contributed by atoms with E-state index in [9.17, 15) is 0 Å². The van der Waals surface area contributed by atoms with Crippen LogP contribution in [0, 0.1) is 6.92 Å². The molecule has 1 saturated heterocycles. The van der Waals surface area contributed by atoms with Gasteiger partial charge >= 0.3 is 0 Å². The molecule has 0 radical (unpaired) electrons. The molecule has 0 bridgehead atoms. The predicted molar refractivity (Wildman–Crippen MR) is 77.3 cm³/mol. The Morgan fingerprint density at radius 1 is 1.32 bits per heavy atom. The third kappa shape index (κ3) is 2.99. The Morgan fingerprint density at radius 3 is 2.84 bits per heavy atom. The minimum absolute atomic E-state index is 0.264. The lowest BCUT2D eigenvalue weighted by molar-refractivity contribution is -0.0617. The first kappa shape index (κ1) is 13.1. The number of benzene rings is 1. The molecule has 0 amide bonds. The number of rotatable bonds is 4. The topological polar surface area (TPSA) is 24.5 Å². The number of hydrogen-bond donors (Lipinski definition) is 1. The Bertz CT molecular complexity index is 431.